The second-order valence-electron chi connectivity index (χ2n) is 6.04. The third-order valence-corrected chi connectivity index (χ3v) is 4.15. The van der Waals surface area contributed by atoms with Crippen LogP contribution in [0.3, 0.4) is 0 Å². The first-order chi connectivity index (χ1) is 14.0. The molecule has 3 rings (SSSR count). The molecule has 29 heavy (non-hydrogen) atoms. The third-order valence-electron chi connectivity index (χ3n) is 4.15. The number of fused-ring (bicyclic) bond motifs is 1. The first-order valence-corrected chi connectivity index (χ1v) is 8.71. The molecular weight excluding hydrogens is 372 g/mol. The summed E-state index contributed by atoms with van der Waals surface area (Å²) in [5, 5.41) is 0.321. The Bertz CT molecular complexity index is 1170. The normalized spacial score (nSPS) is 11.2. The van der Waals surface area contributed by atoms with E-state index < -0.39 is 11.9 Å². The van der Waals surface area contributed by atoms with Crippen LogP contribution in [0.5, 0.6) is 0 Å². The number of hydrogen-bond acceptors (Lipinski definition) is 6. The zero-order valence-corrected chi connectivity index (χ0v) is 15.9. The number of hydrogen-bond donors (Lipinski definition) is 0. The van der Waals surface area contributed by atoms with Gasteiger partial charge in [0.2, 0.25) is 0 Å². The first kappa shape index (κ1) is 19.8. The average molecular weight is 390 g/mol. The average Bonchev–Trinajstić information content (AvgIpc) is 2.76. The number of benzene rings is 2. The summed E-state index contributed by atoms with van der Waals surface area (Å²) in [5.41, 5.74) is 1.90. The topological polar surface area (TPSA) is 82.8 Å². The van der Waals surface area contributed by atoms with Crippen LogP contribution >= 0.6 is 0 Å². The maximum Gasteiger partial charge on any atom is 0.330 e. The van der Waals surface area contributed by atoms with E-state index in [2.05, 4.69) is 9.47 Å². The van der Waals surface area contributed by atoms with Crippen molar-refractivity contribution in [2.75, 3.05) is 14.2 Å². The molecule has 0 unspecified atom stereocenters. The maximum absolute atomic E-state index is 12.8. The molecule has 0 saturated heterocycles. The Balaban J connectivity index is 2.22. The molecule has 1 aromatic heterocycles. The zero-order chi connectivity index (χ0) is 20.8. The minimum absolute atomic E-state index is 0.244. The highest BCUT2D eigenvalue weighted by atomic mass is 16.5. The standard InChI is InChI=1S/C23H18O6/c1-27-21(25)10-8-15-12-17(9-11-22(26)28-2)23-18(13-15)19(24)14-20(29-23)16-6-4-3-5-7-16/h3-14H,1-2H3/b10-8+,11-9+. The molecule has 0 fully saturated rings. The number of carbonyl (C=O) groups is 2. The quantitative estimate of drug-likeness (QED) is 0.486. The van der Waals surface area contributed by atoms with Gasteiger partial charge in [-0.2, -0.15) is 0 Å². The van der Waals surface area contributed by atoms with E-state index in [-0.39, 0.29) is 5.43 Å². The van der Waals surface area contributed by atoms with Crippen molar-refractivity contribution in [1.29, 1.82) is 0 Å². The van der Waals surface area contributed by atoms with Crippen LogP contribution < -0.4 is 5.43 Å². The van der Waals surface area contributed by atoms with Gasteiger partial charge >= 0.3 is 11.9 Å². The number of ether oxygens (including phenoxy) is 2. The van der Waals surface area contributed by atoms with E-state index in [4.69, 9.17) is 4.42 Å². The number of carbonyl (C=O) groups excluding carboxylic acids is 2. The molecule has 0 bridgehead atoms. The lowest BCUT2D eigenvalue weighted by atomic mass is 10.0. The van der Waals surface area contributed by atoms with Gasteiger partial charge in [0.05, 0.1) is 19.6 Å². The number of methoxy groups -OCH3 is 2. The number of rotatable bonds is 5. The van der Waals surface area contributed by atoms with Crippen molar-refractivity contribution in [1.82, 2.24) is 0 Å². The van der Waals surface area contributed by atoms with Crippen molar-refractivity contribution in [3.8, 4) is 11.3 Å². The summed E-state index contributed by atoms with van der Waals surface area (Å²) in [6.45, 7) is 0. The van der Waals surface area contributed by atoms with E-state index >= 15 is 0 Å². The first-order valence-electron chi connectivity index (χ1n) is 8.71. The van der Waals surface area contributed by atoms with Crippen molar-refractivity contribution >= 4 is 35.1 Å². The van der Waals surface area contributed by atoms with Crippen LogP contribution in [-0.2, 0) is 19.1 Å². The van der Waals surface area contributed by atoms with Crippen LogP contribution in [0, 0.1) is 0 Å². The Kier molecular flexibility index (Phi) is 6.04. The molecule has 6 heteroatoms. The molecule has 0 aliphatic heterocycles. The molecule has 0 aliphatic carbocycles. The molecule has 0 N–H and O–H groups in total. The van der Waals surface area contributed by atoms with E-state index in [1.54, 1.807) is 12.1 Å². The van der Waals surface area contributed by atoms with E-state index in [9.17, 15) is 14.4 Å². The van der Waals surface area contributed by atoms with Crippen molar-refractivity contribution in [3.63, 3.8) is 0 Å². The highest BCUT2D eigenvalue weighted by Crippen LogP contribution is 2.26. The smallest absolute Gasteiger partial charge is 0.330 e. The van der Waals surface area contributed by atoms with Crippen LogP contribution in [-0.4, -0.2) is 26.2 Å². The predicted octanol–water partition coefficient (Wildman–Crippen LogP) is 3.83. The zero-order valence-electron chi connectivity index (χ0n) is 15.9. The SMILES string of the molecule is COC(=O)/C=C/c1cc(/C=C/C(=O)OC)c2oc(-c3ccccc3)cc(=O)c2c1. The molecule has 0 radical (unpaired) electrons. The highest BCUT2D eigenvalue weighted by Gasteiger charge is 2.11. The van der Waals surface area contributed by atoms with Crippen LogP contribution in [0.15, 0.2) is 69.9 Å². The summed E-state index contributed by atoms with van der Waals surface area (Å²) in [6.07, 6.45) is 5.50. The van der Waals surface area contributed by atoms with E-state index in [0.717, 1.165) is 5.56 Å². The van der Waals surface area contributed by atoms with E-state index in [1.807, 2.05) is 30.3 Å². The molecule has 0 spiro atoms. The lowest BCUT2D eigenvalue weighted by Gasteiger charge is -2.07. The Hall–Kier alpha value is -3.93. The molecule has 1 heterocycles. The van der Waals surface area contributed by atoms with E-state index in [0.29, 0.717) is 27.9 Å². The fourth-order valence-electron chi connectivity index (χ4n) is 2.73. The van der Waals surface area contributed by atoms with Gasteiger partial charge in [0.25, 0.3) is 0 Å². The fraction of sp³-hybridized carbons (Fsp3) is 0.0870. The molecule has 0 aliphatic rings. The minimum atomic E-state index is -0.546. The van der Waals surface area contributed by atoms with Gasteiger partial charge in [-0.05, 0) is 29.8 Å². The molecule has 0 saturated carbocycles. The Morgan fingerprint density at radius 2 is 1.55 bits per heavy atom. The lowest BCUT2D eigenvalue weighted by Crippen LogP contribution is -2.02. The summed E-state index contributed by atoms with van der Waals surface area (Å²) in [7, 11) is 2.55. The van der Waals surface area contributed by atoms with E-state index in [1.165, 1.54) is 44.6 Å². The highest BCUT2D eigenvalue weighted by molar-refractivity contribution is 5.94. The molecule has 3 aromatic rings. The van der Waals surface area contributed by atoms with Gasteiger partial charge in [0.15, 0.2) is 5.43 Å². The van der Waals surface area contributed by atoms with Gasteiger partial charge in [-0.15, -0.1) is 0 Å². The van der Waals surface area contributed by atoms with Gasteiger partial charge in [-0.3, -0.25) is 4.79 Å². The molecular formula is C23H18O6. The molecule has 0 atom stereocenters. The molecule has 146 valence electrons. The van der Waals surface area contributed by atoms with Crippen LogP contribution in [0.4, 0.5) is 0 Å². The fourth-order valence-corrected chi connectivity index (χ4v) is 2.73. The Labute approximate surface area is 166 Å². The minimum Gasteiger partial charge on any atom is -0.466 e. The van der Waals surface area contributed by atoms with Crippen molar-refractivity contribution in [2.24, 2.45) is 0 Å². The number of esters is 2. The molecule has 6 nitrogen and oxygen atoms in total. The monoisotopic (exact) mass is 390 g/mol. The molecule has 2 aromatic carbocycles. The molecule has 0 amide bonds. The van der Waals surface area contributed by atoms with Crippen molar-refractivity contribution < 1.29 is 23.5 Å². The Morgan fingerprint density at radius 1 is 0.897 bits per heavy atom. The third kappa shape index (κ3) is 4.68. The lowest BCUT2D eigenvalue weighted by molar-refractivity contribution is -0.135. The van der Waals surface area contributed by atoms with Crippen LogP contribution in [0.1, 0.15) is 11.1 Å². The summed E-state index contributed by atoms with van der Waals surface area (Å²) in [5.74, 6) is -0.660. The van der Waals surface area contributed by atoms with Gasteiger partial charge in [-0.1, -0.05) is 30.3 Å². The van der Waals surface area contributed by atoms with Gasteiger partial charge < -0.3 is 13.9 Å². The largest absolute Gasteiger partial charge is 0.466 e. The summed E-state index contributed by atoms with van der Waals surface area (Å²) >= 11 is 0. The van der Waals surface area contributed by atoms with Crippen molar-refractivity contribution in [3.05, 3.63) is 82.0 Å². The van der Waals surface area contributed by atoms with Crippen LogP contribution in [0.2, 0.25) is 0 Å². The maximum atomic E-state index is 12.8. The Morgan fingerprint density at radius 3 is 2.21 bits per heavy atom. The summed E-state index contributed by atoms with van der Waals surface area (Å²) < 4.78 is 15.2. The van der Waals surface area contributed by atoms with Crippen molar-refractivity contribution in [2.45, 2.75) is 0 Å². The van der Waals surface area contributed by atoms with Gasteiger partial charge in [0.1, 0.15) is 11.3 Å². The predicted molar refractivity (Wildman–Crippen MR) is 110 cm³/mol. The summed E-state index contributed by atoms with van der Waals surface area (Å²) in [4.78, 5) is 35.7. The van der Waals surface area contributed by atoms with Crippen LogP contribution in [0.25, 0.3) is 34.4 Å². The van der Waals surface area contributed by atoms with Gasteiger partial charge in [0, 0.05) is 29.3 Å². The van der Waals surface area contributed by atoms with Gasteiger partial charge in [-0.25, -0.2) is 9.59 Å². The second-order valence-corrected chi connectivity index (χ2v) is 6.04. The summed E-state index contributed by atoms with van der Waals surface area (Å²) in [6, 6.07) is 14.0. The second kappa shape index (κ2) is 8.84.